The number of aromatic nitrogens is 1. The fourth-order valence-electron chi connectivity index (χ4n) is 2.29. The minimum atomic E-state index is 0.0969. The molecule has 0 spiro atoms. The lowest BCUT2D eigenvalue weighted by molar-refractivity contribution is -0.120. The predicted octanol–water partition coefficient (Wildman–Crippen LogP) is 2.17. The molecule has 1 heterocycles. The molecule has 0 radical (unpaired) electrons. The van der Waals surface area contributed by atoms with Gasteiger partial charge in [-0.2, -0.15) is 0 Å². The van der Waals surface area contributed by atoms with Crippen LogP contribution in [0.5, 0.6) is 0 Å². The maximum Gasteiger partial charge on any atom is 0.224 e. The second-order valence-corrected chi connectivity index (χ2v) is 5.40. The van der Waals surface area contributed by atoms with Crippen molar-refractivity contribution >= 4 is 16.8 Å². The van der Waals surface area contributed by atoms with E-state index in [4.69, 9.17) is 0 Å². The highest BCUT2D eigenvalue weighted by atomic mass is 16.1. The quantitative estimate of drug-likeness (QED) is 0.760. The summed E-state index contributed by atoms with van der Waals surface area (Å²) in [7, 11) is 4.13. The highest BCUT2D eigenvalue weighted by Gasteiger charge is 2.07. The van der Waals surface area contributed by atoms with Crippen molar-refractivity contribution in [3.05, 3.63) is 36.0 Å². The summed E-state index contributed by atoms with van der Waals surface area (Å²) in [6.07, 6.45) is 4.51. The Morgan fingerprint density at radius 3 is 2.85 bits per heavy atom. The molecule has 108 valence electrons. The van der Waals surface area contributed by atoms with Crippen LogP contribution >= 0.6 is 0 Å². The zero-order chi connectivity index (χ0) is 14.4. The van der Waals surface area contributed by atoms with Gasteiger partial charge in [0.2, 0.25) is 5.91 Å². The number of aromatic amines is 1. The molecule has 0 fully saturated rings. The van der Waals surface area contributed by atoms with Gasteiger partial charge in [-0.3, -0.25) is 4.79 Å². The molecule has 2 N–H and O–H groups in total. The van der Waals surface area contributed by atoms with Crippen LogP contribution in [-0.4, -0.2) is 43.0 Å². The maximum absolute atomic E-state index is 11.9. The number of amides is 1. The number of hydrogen-bond donors (Lipinski definition) is 2. The average molecular weight is 273 g/mol. The van der Waals surface area contributed by atoms with Crippen molar-refractivity contribution in [3.8, 4) is 0 Å². The Morgan fingerprint density at radius 1 is 1.25 bits per heavy atom. The van der Waals surface area contributed by atoms with E-state index in [1.54, 1.807) is 0 Å². The molecule has 0 saturated carbocycles. The Morgan fingerprint density at radius 2 is 2.05 bits per heavy atom. The third-order valence-electron chi connectivity index (χ3n) is 3.38. The smallest absolute Gasteiger partial charge is 0.224 e. The van der Waals surface area contributed by atoms with Crippen LogP contribution in [0, 0.1) is 0 Å². The van der Waals surface area contributed by atoms with Gasteiger partial charge in [-0.1, -0.05) is 18.2 Å². The van der Waals surface area contributed by atoms with Gasteiger partial charge in [0.15, 0.2) is 0 Å². The van der Waals surface area contributed by atoms with Gasteiger partial charge in [0.1, 0.15) is 0 Å². The van der Waals surface area contributed by atoms with Crippen LogP contribution in [0.4, 0.5) is 0 Å². The van der Waals surface area contributed by atoms with E-state index in [1.165, 1.54) is 0 Å². The Hall–Kier alpha value is -1.81. The Kier molecular flexibility index (Phi) is 5.18. The van der Waals surface area contributed by atoms with Gasteiger partial charge in [-0.15, -0.1) is 0 Å². The average Bonchev–Trinajstić information content (AvgIpc) is 2.81. The zero-order valence-corrected chi connectivity index (χ0v) is 12.3. The number of hydrogen-bond acceptors (Lipinski definition) is 2. The van der Waals surface area contributed by atoms with E-state index in [1.807, 2.05) is 30.5 Å². The standard InChI is InChI=1S/C16H23N3O/c1-19(2)10-6-5-9-17-16(20)11-13-12-18-15-8-4-3-7-14(13)15/h3-4,7-8,12,18H,5-6,9-11H2,1-2H3,(H,17,20). The van der Waals surface area contributed by atoms with E-state index in [-0.39, 0.29) is 5.91 Å². The number of carbonyl (C=O) groups is 1. The van der Waals surface area contributed by atoms with Gasteiger partial charge < -0.3 is 15.2 Å². The second kappa shape index (κ2) is 7.10. The number of nitrogens with zero attached hydrogens (tertiary/aromatic N) is 1. The van der Waals surface area contributed by atoms with Gasteiger partial charge in [0.25, 0.3) is 0 Å². The molecule has 1 amide bonds. The van der Waals surface area contributed by atoms with Crippen molar-refractivity contribution in [1.82, 2.24) is 15.2 Å². The van der Waals surface area contributed by atoms with Crippen LogP contribution in [0.25, 0.3) is 10.9 Å². The monoisotopic (exact) mass is 273 g/mol. The van der Waals surface area contributed by atoms with Gasteiger partial charge in [-0.05, 0) is 45.1 Å². The zero-order valence-electron chi connectivity index (χ0n) is 12.3. The first-order valence-corrected chi connectivity index (χ1v) is 7.13. The van der Waals surface area contributed by atoms with Crippen molar-refractivity contribution in [2.24, 2.45) is 0 Å². The summed E-state index contributed by atoms with van der Waals surface area (Å²) in [5.41, 5.74) is 2.15. The molecule has 1 aromatic carbocycles. The number of carbonyl (C=O) groups excluding carboxylic acids is 1. The summed E-state index contributed by atoms with van der Waals surface area (Å²) in [6, 6.07) is 8.07. The van der Waals surface area contributed by atoms with Crippen LogP contribution in [-0.2, 0) is 11.2 Å². The lowest BCUT2D eigenvalue weighted by Crippen LogP contribution is -2.26. The Labute approximate surface area is 120 Å². The number of fused-ring (bicyclic) bond motifs is 1. The molecule has 0 bridgehead atoms. The molecule has 20 heavy (non-hydrogen) atoms. The summed E-state index contributed by atoms with van der Waals surface area (Å²) in [5.74, 6) is 0.0969. The largest absolute Gasteiger partial charge is 0.361 e. The first kappa shape index (κ1) is 14.6. The molecule has 4 nitrogen and oxygen atoms in total. The van der Waals surface area contributed by atoms with Crippen LogP contribution in [0.15, 0.2) is 30.5 Å². The summed E-state index contributed by atoms with van der Waals surface area (Å²) < 4.78 is 0. The van der Waals surface area contributed by atoms with Crippen molar-refractivity contribution in [2.45, 2.75) is 19.3 Å². The minimum Gasteiger partial charge on any atom is -0.361 e. The third-order valence-corrected chi connectivity index (χ3v) is 3.38. The van der Waals surface area contributed by atoms with Crippen LogP contribution in [0.2, 0.25) is 0 Å². The van der Waals surface area contributed by atoms with E-state index in [0.29, 0.717) is 6.42 Å². The number of rotatable bonds is 7. The van der Waals surface area contributed by atoms with E-state index in [2.05, 4.69) is 29.3 Å². The van der Waals surface area contributed by atoms with Crippen LogP contribution < -0.4 is 5.32 Å². The SMILES string of the molecule is CN(C)CCCCNC(=O)Cc1c[nH]c2ccccc12. The van der Waals surface area contributed by atoms with Gasteiger partial charge in [0, 0.05) is 23.6 Å². The highest BCUT2D eigenvalue weighted by molar-refractivity contribution is 5.88. The molecule has 2 aromatic rings. The van der Waals surface area contributed by atoms with Crippen molar-refractivity contribution in [1.29, 1.82) is 0 Å². The highest BCUT2D eigenvalue weighted by Crippen LogP contribution is 2.17. The number of nitrogens with one attached hydrogen (secondary N) is 2. The summed E-state index contributed by atoms with van der Waals surface area (Å²) in [6.45, 7) is 1.83. The summed E-state index contributed by atoms with van der Waals surface area (Å²) in [4.78, 5) is 17.3. The lowest BCUT2D eigenvalue weighted by Gasteiger charge is -2.09. The molecule has 2 rings (SSSR count). The molecule has 1 aromatic heterocycles. The molecule has 0 aliphatic heterocycles. The number of H-pyrrole nitrogens is 1. The molecule has 4 heteroatoms. The molecule has 0 atom stereocenters. The first-order chi connectivity index (χ1) is 9.66. The van der Waals surface area contributed by atoms with E-state index in [9.17, 15) is 4.79 Å². The maximum atomic E-state index is 11.9. The third kappa shape index (κ3) is 4.10. The molecule has 0 aliphatic carbocycles. The normalized spacial score (nSPS) is 11.2. The summed E-state index contributed by atoms with van der Waals surface area (Å²) in [5, 5.41) is 4.12. The van der Waals surface area contributed by atoms with E-state index in [0.717, 1.165) is 42.4 Å². The van der Waals surface area contributed by atoms with Crippen molar-refractivity contribution in [3.63, 3.8) is 0 Å². The summed E-state index contributed by atoms with van der Waals surface area (Å²) >= 11 is 0. The van der Waals surface area contributed by atoms with Crippen LogP contribution in [0.1, 0.15) is 18.4 Å². The topological polar surface area (TPSA) is 48.1 Å². The Balaban J connectivity index is 1.77. The fraction of sp³-hybridized carbons (Fsp3) is 0.438. The number of benzene rings is 1. The predicted molar refractivity (Wildman–Crippen MR) is 82.8 cm³/mol. The molecule has 0 saturated heterocycles. The number of unbranched alkanes of at least 4 members (excludes halogenated alkanes) is 1. The second-order valence-electron chi connectivity index (χ2n) is 5.40. The van der Waals surface area contributed by atoms with E-state index >= 15 is 0 Å². The van der Waals surface area contributed by atoms with Crippen LogP contribution in [0.3, 0.4) is 0 Å². The lowest BCUT2D eigenvalue weighted by atomic mass is 10.1. The van der Waals surface area contributed by atoms with Gasteiger partial charge in [0.05, 0.1) is 6.42 Å². The van der Waals surface area contributed by atoms with Gasteiger partial charge >= 0.3 is 0 Å². The first-order valence-electron chi connectivity index (χ1n) is 7.13. The number of para-hydroxylation sites is 1. The van der Waals surface area contributed by atoms with Crippen molar-refractivity contribution in [2.75, 3.05) is 27.2 Å². The molecular weight excluding hydrogens is 250 g/mol. The molecule has 0 unspecified atom stereocenters. The molecule has 0 aliphatic rings. The Bertz CT molecular complexity index is 560. The fourth-order valence-corrected chi connectivity index (χ4v) is 2.29. The minimum absolute atomic E-state index is 0.0969. The molecular formula is C16H23N3O. The van der Waals surface area contributed by atoms with E-state index < -0.39 is 0 Å². The van der Waals surface area contributed by atoms with Gasteiger partial charge in [-0.25, -0.2) is 0 Å². The van der Waals surface area contributed by atoms with Crippen molar-refractivity contribution < 1.29 is 4.79 Å².